The molecule has 1 aliphatic carbocycles. The van der Waals surface area contributed by atoms with Crippen LogP contribution in [0.25, 0.3) is 17.2 Å². The highest BCUT2D eigenvalue weighted by Crippen LogP contribution is 2.47. The van der Waals surface area contributed by atoms with Crippen LogP contribution in [0.1, 0.15) is 64.8 Å². The van der Waals surface area contributed by atoms with Gasteiger partial charge in [-0.1, -0.05) is 18.6 Å². The minimum atomic E-state index is -1.31. The van der Waals surface area contributed by atoms with Crippen LogP contribution in [-0.4, -0.2) is 28.2 Å². The topological polar surface area (TPSA) is 96.4 Å². The predicted molar refractivity (Wildman–Crippen MR) is 141 cm³/mol. The summed E-state index contributed by atoms with van der Waals surface area (Å²) < 4.78 is 20.0. The molecule has 1 saturated carbocycles. The van der Waals surface area contributed by atoms with E-state index in [1.807, 2.05) is 49.5 Å². The van der Waals surface area contributed by atoms with Crippen LogP contribution in [0.15, 0.2) is 48.7 Å². The van der Waals surface area contributed by atoms with E-state index in [0.717, 1.165) is 64.4 Å². The summed E-state index contributed by atoms with van der Waals surface area (Å²) >= 11 is 0. The number of halogens is 1. The Bertz CT molecular complexity index is 1430. The van der Waals surface area contributed by atoms with Gasteiger partial charge in [0.2, 0.25) is 5.88 Å². The molecule has 7 nitrogen and oxygen atoms in total. The van der Waals surface area contributed by atoms with E-state index in [-0.39, 0.29) is 0 Å². The Balaban J connectivity index is 1.77. The summed E-state index contributed by atoms with van der Waals surface area (Å²) in [6, 6.07) is 11.5. The number of fused-ring (bicyclic) bond motifs is 1. The van der Waals surface area contributed by atoms with Crippen LogP contribution < -0.4 is 15.6 Å². The molecule has 5 rings (SSSR count). The SMILES string of the molecule is COc1cc(C)c(/C(=C(/c2ccc3c(c2)C(F)NN3)c2ccc(/C=C/C(=O)O)nc2C)C2CCC2)cn1. The number of ether oxygens (including phenoxy) is 1. The normalized spacial score (nSPS) is 17.7. The number of aromatic nitrogens is 2. The number of pyridine rings is 2. The number of carbonyl (C=O) groups is 1. The standard InChI is InChI=1S/C29H29FN4O3/c1-16-13-25(37-3)31-15-23(16)27(18-5-4-6-18)28(19-7-11-24-22(14-19)29(30)34-33-24)21-10-8-20(32-17(21)2)9-12-26(35)36/h7-15,18,29,33-34H,4-6H2,1-3H3,(H,35,36)/b12-9+,28-27-. The second kappa shape index (κ2) is 10.1. The maximum atomic E-state index is 14.7. The highest BCUT2D eigenvalue weighted by Gasteiger charge is 2.30. The Morgan fingerprint density at radius 1 is 1.16 bits per heavy atom. The largest absolute Gasteiger partial charge is 0.481 e. The van der Waals surface area contributed by atoms with Crippen molar-refractivity contribution in [3.05, 3.63) is 87.9 Å². The third-order valence-electron chi connectivity index (χ3n) is 7.09. The molecule has 37 heavy (non-hydrogen) atoms. The van der Waals surface area contributed by atoms with Gasteiger partial charge in [-0.05, 0) is 79.2 Å². The fraction of sp³-hybridized carbons (Fsp3) is 0.276. The number of rotatable bonds is 7. The van der Waals surface area contributed by atoms with Gasteiger partial charge in [0.25, 0.3) is 0 Å². The molecule has 8 heteroatoms. The molecule has 0 spiro atoms. The van der Waals surface area contributed by atoms with Crippen LogP contribution in [0.2, 0.25) is 0 Å². The van der Waals surface area contributed by atoms with E-state index in [1.165, 1.54) is 6.08 Å². The number of allylic oxidation sites excluding steroid dienone is 1. The van der Waals surface area contributed by atoms with E-state index in [4.69, 9.17) is 9.84 Å². The molecule has 0 saturated heterocycles. The Morgan fingerprint density at radius 3 is 2.62 bits per heavy atom. The molecular formula is C29H29FN4O3. The molecule has 3 N–H and O–H groups in total. The fourth-order valence-corrected chi connectivity index (χ4v) is 4.99. The van der Waals surface area contributed by atoms with Gasteiger partial charge in [0.15, 0.2) is 6.30 Å². The minimum Gasteiger partial charge on any atom is -0.481 e. The molecule has 1 atom stereocenters. The number of carboxylic acid groups (broad SMARTS) is 1. The monoisotopic (exact) mass is 500 g/mol. The number of hydrogen-bond donors (Lipinski definition) is 3. The van der Waals surface area contributed by atoms with Gasteiger partial charge < -0.3 is 15.3 Å². The van der Waals surface area contributed by atoms with E-state index < -0.39 is 12.3 Å². The zero-order chi connectivity index (χ0) is 26.1. The van der Waals surface area contributed by atoms with Crippen molar-refractivity contribution >= 4 is 28.9 Å². The Morgan fingerprint density at radius 2 is 1.97 bits per heavy atom. The number of alkyl halides is 1. The number of hydrogen-bond acceptors (Lipinski definition) is 6. The summed E-state index contributed by atoms with van der Waals surface area (Å²) in [6.07, 6.45) is 6.36. The van der Waals surface area contributed by atoms with Gasteiger partial charge in [-0.15, -0.1) is 0 Å². The number of anilines is 1. The maximum Gasteiger partial charge on any atom is 0.328 e. The van der Waals surface area contributed by atoms with Crippen LogP contribution in [0.4, 0.5) is 10.1 Å². The molecular weight excluding hydrogens is 471 g/mol. The Labute approximate surface area is 215 Å². The third kappa shape index (κ3) is 4.84. The summed E-state index contributed by atoms with van der Waals surface area (Å²) in [6.45, 7) is 3.97. The molecule has 2 aromatic heterocycles. The van der Waals surface area contributed by atoms with E-state index in [2.05, 4.69) is 27.7 Å². The number of hydrazine groups is 1. The fourth-order valence-electron chi connectivity index (χ4n) is 4.99. The number of aliphatic carboxylic acids is 1. The first kappa shape index (κ1) is 24.6. The molecule has 1 aromatic carbocycles. The highest BCUT2D eigenvalue weighted by molar-refractivity contribution is 6.01. The van der Waals surface area contributed by atoms with Crippen molar-refractivity contribution in [1.29, 1.82) is 0 Å². The molecule has 190 valence electrons. The van der Waals surface area contributed by atoms with Crippen molar-refractivity contribution in [3.8, 4) is 5.88 Å². The molecule has 0 bridgehead atoms. The van der Waals surface area contributed by atoms with Gasteiger partial charge in [-0.3, -0.25) is 4.98 Å². The first-order valence-electron chi connectivity index (χ1n) is 12.3. The van der Waals surface area contributed by atoms with Crippen molar-refractivity contribution in [2.45, 2.75) is 39.4 Å². The van der Waals surface area contributed by atoms with Gasteiger partial charge in [-0.2, -0.15) is 0 Å². The zero-order valence-corrected chi connectivity index (χ0v) is 21.0. The molecule has 2 aliphatic rings. The molecule has 0 amide bonds. The van der Waals surface area contributed by atoms with Crippen LogP contribution in [-0.2, 0) is 4.79 Å². The summed E-state index contributed by atoms with van der Waals surface area (Å²) in [5.41, 5.74) is 14.1. The second-order valence-corrected chi connectivity index (χ2v) is 9.43. The van der Waals surface area contributed by atoms with E-state index in [1.54, 1.807) is 7.11 Å². The van der Waals surface area contributed by atoms with E-state index >= 15 is 0 Å². The zero-order valence-electron chi connectivity index (χ0n) is 21.0. The lowest BCUT2D eigenvalue weighted by molar-refractivity contribution is -0.131. The van der Waals surface area contributed by atoms with Crippen LogP contribution in [0, 0.1) is 19.8 Å². The van der Waals surface area contributed by atoms with Crippen molar-refractivity contribution in [1.82, 2.24) is 15.4 Å². The lowest BCUT2D eigenvalue weighted by Gasteiger charge is -2.32. The van der Waals surface area contributed by atoms with E-state index in [0.29, 0.717) is 28.7 Å². The van der Waals surface area contributed by atoms with Crippen molar-refractivity contribution in [3.63, 3.8) is 0 Å². The summed E-state index contributed by atoms with van der Waals surface area (Å²) in [5.74, 6) is -0.154. The Hall–Kier alpha value is -4.04. The number of nitrogens with zero attached hydrogens (tertiary/aromatic N) is 2. The van der Waals surface area contributed by atoms with Crippen molar-refractivity contribution in [2.24, 2.45) is 5.92 Å². The van der Waals surface area contributed by atoms with Gasteiger partial charge in [-0.25, -0.2) is 19.6 Å². The smallest absolute Gasteiger partial charge is 0.328 e. The van der Waals surface area contributed by atoms with Gasteiger partial charge >= 0.3 is 5.97 Å². The summed E-state index contributed by atoms with van der Waals surface area (Å²) in [5, 5.41) is 9.01. The first-order valence-corrected chi connectivity index (χ1v) is 12.3. The van der Waals surface area contributed by atoms with Crippen molar-refractivity contribution < 1.29 is 19.0 Å². The molecule has 1 aliphatic heterocycles. The summed E-state index contributed by atoms with van der Waals surface area (Å²) in [4.78, 5) is 20.2. The van der Waals surface area contributed by atoms with Gasteiger partial charge in [0.1, 0.15) is 0 Å². The first-order chi connectivity index (χ1) is 17.9. The summed E-state index contributed by atoms with van der Waals surface area (Å²) in [7, 11) is 1.60. The maximum absolute atomic E-state index is 14.7. The molecule has 0 radical (unpaired) electrons. The third-order valence-corrected chi connectivity index (χ3v) is 7.09. The average molecular weight is 501 g/mol. The highest BCUT2D eigenvalue weighted by atomic mass is 19.1. The number of methoxy groups -OCH3 is 1. The Kier molecular flexibility index (Phi) is 6.76. The van der Waals surface area contributed by atoms with Crippen LogP contribution in [0.5, 0.6) is 5.88 Å². The minimum absolute atomic E-state index is 0.320. The van der Waals surface area contributed by atoms with Crippen LogP contribution in [0.3, 0.4) is 0 Å². The van der Waals surface area contributed by atoms with E-state index in [9.17, 15) is 9.18 Å². The predicted octanol–water partition coefficient (Wildman–Crippen LogP) is 5.86. The quantitative estimate of drug-likeness (QED) is 0.276. The van der Waals surface area contributed by atoms with Gasteiger partial charge in [0, 0.05) is 40.7 Å². The number of carboxylic acids is 1. The van der Waals surface area contributed by atoms with Gasteiger partial charge in [0.05, 0.1) is 18.5 Å². The lowest BCUT2D eigenvalue weighted by Crippen LogP contribution is -2.16. The lowest BCUT2D eigenvalue weighted by atomic mass is 9.72. The average Bonchev–Trinajstić information content (AvgIpc) is 3.22. The molecule has 3 heterocycles. The number of aryl methyl sites for hydroxylation is 2. The molecule has 3 aromatic rings. The number of benzene rings is 1. The number of nitrogens with one attached hydrogen (secondary N) is 2. The second-order valence-electron chi connectivity index (χ2n) is 9.43. The van der Waals surface area contributed by atoms with Crippen LogP contribution >= 0.6 is 0 Å². The molecule has 1 fully saturated rings. The molecule has 1 unspecified atom stereocenters. The van der Waals surface area contributed by atoms with Crippen molar-refractivity contribution in [2.75, 3.05) is 12.5 Å².